The normalized spacial score (nSPS) is 11.0. The summed E-state index contributed by atoms with van der Waals surface area (Å²) in [6, 6.07) is 14.9. The van der Waals surface area contributed by atoms with Gasteiger partial charge in [-0.2, -0.15) is 0 Å². The molecular weight excluding hydrogens is 356 g/mol. The number of para-hydroxylation sites is 2. The van der Waals surface area contributed by atoms with Crippen molar-refractivity contribution in [1.29, 1.82) is 0 Å². The molecule has 0 spiro atoms. The van der Waals surface area contributed by atoms with Crippen molar-refractivity contribution in [3.05, 3.63) is 71.3 Å². The minimum Gasteiger partial charge on any atom is -0.495 e. The standard InChI is InChI=1S/C21H20N4O3/c1-28-15-10-11-19(22-14-15)23-20(26)9-5-13-25-17-7-3-2-6-16(17)24-12-4-8-18(24)21(25)27/h2-4,6-8,10-12,14H,5,9,13H2,1H3,(H,22,23,26). The van der Waals surface area contributed by atoms with Crippen molar-refractivity contribution < 1.29 is 9.53 Å². The van der Waals surface area contributed by atoms with Crippen molar-refractivity contribution in [2.24, 2.45) is 0 Å². The van der Waals surface area contributed by atoms with E-state index in [9.17, 15) is 9.59 Å². The molecule has 3 heterocycles. The molecule has 0 bridgehead atoms. The number of aromatic nitrogens is 3. The summed E-state index contributed by atoms with van der Waals surface area (Å²) < 4.78 is 8.69. The number of amides is 1. The van der Waals surface area contributed by atoms with Crippen LogP contribution in [0.25, 0.3) is 16.6 Å². The molecule has 0 atom stereocenters. The minimum absolute atomic E-state index is 0.0547. The Balaban J connectivity index is 1.48. The number of methoxy groups -OCH3 is 1. The van der Waals surface area contributed by atoms with Gasteiger partial charge in [0, 0.05) is 19.2 Å². The Morgan fingerprint density at radius 3 is 2.61 bits per heavy atom. The molecule has 3 aromatic heterocycles. The van der Waals surface area contributed by atoms with E-state index in [1.807, 2.05) is 47.0 Å². The molecular formula is C21H20N4O3. The van der Waals surface area contributed by atoms with Crippen LogP contribution in [0.1, 0.15) is 12.8 Å². The van der Waals surface area contributed by atoms with E-state index >= 15 is 0 Å². The molecule has 0 saturated heterocycles. The first-order valence-electron chi connectivity index (χ1n) is 9.06. The van der Waals surface area contributed by atoms with Gasteiger partial charge < -0.3 is 19.0 Å². The number of hydrogen-bond acceptors (Lipinski definition) is 4. The van der Waals surface area contributed by atoms with Crippen molar-refractivity contribution >= 4 is 28.3 Å². The number of aryl methyl sites for hydroxylation is 1. The Labute approximate surface area is 161 Å². The molecule has 7 nitrogen and oxygen atoms in total. The van der Waals surface area contributed by atoms with Crippen molar-refractivity contribution in [2.45, 2.75) is 19.4 Å². The van der Waals surface area contributed by atoms with Crippen LogP contribution in [0.4, 0.5) is 5.82 Å². The summed E-state index contributed by atoms with van der Waals surface area (Å²) in [7, 11) is 1.56. The monoisotopic (exact) mass is 376 g/mol. The molecule has 28 heavy (non-hydrogen) atoms. The van der Waals surface area contributed by atoms with E-state index in [0.29, 0.717) is 36.5 Å². The molecule has 0 radical (unpaired) electrons. The van der Waals surface area contributed by atoms with E-state index in [0.717, 1.165) is 11.0 Å². The molecule has 142 valence electrons. The van der Waals surface area contributed by atoms with E-state index in [4.69, 9.17) is 4.74 Å². The lowest BCUT2D eigenvalue weighted by molar-refractivity contribution is -0.116. The average Bonchev–Trinajstić information content (AvgIpc) is 3.21. The lowest BCUT2D eigenvalue weighted by atomic mass is 10.2. The highest BCUT2D eigenvalue weighted by molar-refractivity contribution is 5.89. The molecule has 1 N–H and O–H groups in total. The van der Waals surface area contributed by atoms with E-state index in [1.54, 1.807) is 30.0 Å². The van der Waals surface area contributed by atoms with Crippen LogP contribution in [0.5, 0.6) is 5.75 Å². The topological polar surface area (TPSA) is 77.6 Å². The van der Waals surface area contributed by atoms with Gasteiger partial charge in [-0.05, 0) is 42.8 Å². The van der Waals surface area contributed by atoms with E-state index in [-0.39, 0.29) is 11.5 Å². The van der Waals surface area contributed by atoms with Crippen LogP contribution in [-0.4, -0.2) is 27.0 Å². The van der Waals surface area contributed by atoms with Crippen LogP contribution in [0.2, 0.25) is 0 Å². The predicted octanol–water partition coefficient (Wildman–Crippen LogP) is 3.08. The number of carbonyl (C=O) groups is 1. The zero-order chi connectivity index (χ0) is 19.5. The highest BCUT2D eigenvalue weighted by Crippen LogP contribution is 2.16. The Kier molecular flexibility index (Phi) is 4.80. The van der Waals surface area contributed by atoms with Crippen LogP contribution < -0.4 is 15.6 Å². The molecule has 0 aliphatic carbocycles. The summed E-state index contributed by atoms with van der Waals surface area (Å²) in [5.41, 5.74) is 2.40. The lowest BCUT2D eigenvalue weighted by Crippen LogP contribution is -2.23. The van der Waals surface area contributed by atoms with Crippen LogP contribution in [-0.2, 0) is 11.3 Å². The van der Waals surface area contributed by atoms with Crippen molar-refractivity contribution in [3.63, 3.8) is 0 Å². The number of nitrogens with one attached hydrogen (secondary N) is 1. The summed E-state index contributed by atoms with van der Waals surface area (Å²) in [4.78, 5) is 29.2. The Bertz CT molecular complexity index is 1190. The summed E-state index contributed by atoms with van der Waals surface area (Å²) >= 11 is 0. The van der Waals surface area contributed by atoms with Crippen LogP contribution in [0.15, 0.2) is 65.7 Å². The van der Waals surface area contributed by atoms with Gasteiger partial charge >= 0.3 is 0 Å². The van der Waals surface area contributed by atoms with Gasteiger partial charge in [0.2, 0.25) is 5.91 Å². The lowest BCUT2D eigenvalue weighted by Gasteiger charge is -2.12. The summed E-state index contributed by atoms with van der Waals surface area (Å²) in [5, 5.41) is 2.76. The first-order valence-corrected chi connectivity index (χ1v) is 9.06. The second-order valence-electron chi connectivity index (χ2n) is 6.44. The molecule has 0 saturated carbocycles. The van der Waals surface area contributed by atoms with Gasteiger partial charge in [0.05, 0.1) is 24.3 Å². The van der Waals surface area contributed by atoms with Gasteiger partial charge in [0.25, 0.3) is 5.56 Å². The molecule has 1 amide bonds. The van der Waals surface area contributed by atoms with Crippen molar-refractivity contribution in [1.82, 2.24) is 14.0 Å². The van der Waals surface area contributed by atoms with Crippen LogP contribution in [0, 0.1) is 0 Å². The van der Waals surface area contributed by atoms with Crippen LogP contribution >= 0.6 is 0 Å². The van der Waals surface area contributed by atoms with Gasteiger partial charge in [0.1, 0.15) is 17.1 Å². The van der Waals surface area contributed by atoms with Gasteiger partial charge in [-0.3, -0.25) is 9.59 Å². The molecule has 4 aromatic rings. The second-order valence-corrected chi connectivity index (χ2v) is 6.44. The average molecular weight is 376 g/mol. The zero-order valence-electron chi connectivity index (χ0n) is 15.5. The van der Waals surface area contributed by atoms with Gasteiger partial charge in [-0.15, -0.1) is 0 Å². The third-order valence-electron chi connectivity index (χ3n) is 4.67. The highest BCUT2D eigenvalue weighted by Gasteiger charge is 2.11. The fraction of sp³-hybridized carbons (Fsp3) is 0.190. The minimum atomic E-state index is -0.140. The summed E-state index contributed by atoms with van der Waals surface area (Å²) in [5.74, 6) is 0.965. The van der Waals surface area contributed by atoms with Crippen LogP contribution in [0.3, 0.4) is 0 Å². The van der Waals surface area contributed by atoms with Gasteiger partial charge in [-0.25, -0.2) is 4.98 Å². The predicted molar refractivity (Wildman–Crippen MR) is 108 cm³/mol. The molecule has 4 rings (SSSR count). The number of pyridine rings is 1. The van der Waals surface area contributed by atoms with E-state index < -0.39 is 0 Å². The maximum Gasteiger partial charge on any atom is 0.275 e. The number of benzene rings is 1. The summed E-state index contributed by atoms with van der Waals surface area (Å²) in [6.07, 6.45) is 4.27. The van der Waals surface area contributed by atoms with Gasteiger partial charge in [-0.1, -0.05) is 12.1 Å². The van der Waals surface area contributed by atoms with E-state index in [2.05, 4.69) is 10.3 Å². The Hall–Kier alpha value is -3.61. The maximum atomic E-state index is 12.9. The SMILES string of the molecule is COc1ccc(NC(=O)CCCn2c(=O)c3cccn3c3ccccc32)nc1. The number of hydrogen-bond donors (Lipinski definition) is 1. The molecule has 0 aliphatic heterocycles. The fourth-order valence-electron chi connectivity index (χ4n) is 3.31. The second kappa shape index (κ2) is 7.56. The Morgan fingerprint density at radius 2 is 1.86 bits per heavy atom. The fourth-order valence-corrected chi connectivity index (χ4v) is 3.31. The maximum absolute atomic E-state index is 12.9. The molecule has 7 heteroatoms. The first-order chi connectivity index (χ1) is 13.7. The smallest absolute Gasteiger partial charge is 0.275 e. The number of anilines is 1. The number of ether oxygens (including phenoxy) is 1. The third-order valence-corrected chi connectivity index (χ3v) is 4.67. The van der Waals surface area contributed by atoms with Gasteiger partial charge in [0.15, 0.2) is 0 Å². The number of carbonyl (C=O) groups excluding carboxylic acids is 1. The Morgan fingerprint density at radius 1 is 1.07 bits per heavy atom. The molecule has 0 aliphatic rings. The summed E-state index contributed by atoms with van der Waals surface area (Å²) in [6.45, 7) is 0.463. The molecule has 1 aromatic carbocycles. The zero-order valence-corrected chi connectivity index (χ0v) is 15.5. The first kappa shape index (κ1) is 17.8. The van der Waals surface area contributed by atoms with Crippen molar-refractivity contribution in [2.75, 3.05) is 12.4 Å². The third kappa shape index (κ3) is 3.34. The van der Waals surface area contributed by atoms with Crippen molar-refractivity contribution in [3.8, 4) is 5.75 Å². The number of fused-ring (bicyclic) bond motifs is 3. The largest absolute Gasteiger partial charge is 0.495 e. The molecule has 0 unspecified atom stereocenters. The molecule has 0 fully saturated rings. The van der Waals surface area contributed by atoms with E-state index in [1.165, 1.54) is 0 Å². The number of rotatable bonds is 6. The highest BCUT2D eigenvalue weighted by atomic mass is 16.5. The number of nitrogens with zero attached hydrogens (tertiary/aromatic N) is 3. The quantitative estimate of drug-likeness (QED) is 0.561.